The molecule has 3 rings (SSSR count). The lowest BCUT2D eigenvalue weighted by molar-refractivity contribution is 0.0690. The van der Waals surface area contributed by atoms with E-state index in [9.17, 15) is 4.79 Å². The summed E-state index contributed by atoms with van der Waals surface area (Å²) >= 11 is 0. The predicted octanol–water partition coefficient (Wildman–Crippen LogP) is 1.72. The highest BCUT2D eigenvalue weighted by Crippen LogP contribution is 2.38. The Bertz CT molecular complexity index is 477. The molecular formula is C13H17N3O2. The number of aromatic carboxylic acids is 1. The maximum atomic E-state index is 11.0. The van der Waals surface area contributed by atoms with Crippen LogP contribution in [0.2, 0.25) is 0 Å². The van der Waals surface area contributed by atoms with Crippen molar-refractivity contribution in [3.63, 3.8) is 0 Å². The van der Waals surface area contributed by atoms with Crippen LogP contribution in [0.15, 0.2) is 6.07 Å². The van der Waals surface area contributed by atoms with Crippen LogP contribution in [0.1, 0.15) is 35.4 Å². The Morgan fingerprint density at radius 3 is 2.61 bits per heavy atom. The van der Waals surface area contributed by atoms with Gasteiger partial charge in [0.15, 0.2) is 5.69 Å². The lowest BCUT2D eigenvalue weighted by Crippen LogP contribution is -2.24. The molecule has 96 valence electrons. The highest BCUT2D eigenvalue weighted by atomic mass is 16.4. The van der Waals surface area contributed by atoms with Crippen molar-refractivity contribution in [2.24, 2.45) is 11.8 Å². The average Bonchev–Trinajstić information content (AvgIpc) is 2.87. The second kappa shape index (κ2) is 4.23. The summed E-state index contributed by atoms with van der Waals surface area (Å²) in [5, 5.41) is 9.03. The van der Waals surface area contributed by atoms with E-state index in [1.807, 2.05) is 6.92 Å². The minimum Gasteiger partial charge on any atom is -0.477 e. The van der Waals surface area contributed by atoms with Gasteiger partial charge in [0.25, 0.3) is 0 Å². The van der Waals surface area contributed by atoms with Crippen molar-refractivity contribution in [3.05, 3.63) is 17.5 Å². The van der Waals surface area contributed by atoms with Crippen LogP contribution >= 0.6 is 0 Å². The minimum absolute atomic E-state index is 0.0922. The van der Waals surface area contributed by atoms with Gasteiger partial charge in [0.2, 0.25) is 5.95 Å². The molecule has 0 radical (unpaired) electrons. The molecule has 2 atom stereocenters. The van der Waals surface area contributed by atoms with Crippen molar-refractivity contribution >= 4 is 11.9 Å². The molecule has 0 aromatic carbocycles. The lowest BCUT2D eigenvalue weighted by atomic mass is 10.0. The number of aromatic nitrogens is 2. The van der Waals surface area contributed by atoms with Crippen LogP contribution in [-0.2, 0) is 0 Å². The van der Waals surface area contributed by atoms with Crippen LogP contribution in [0, 0.1) is 18.8 Å². The first kappa shape index (κ1) is 11.4. The fraction of sp³-hybridized carbons (Fsp3) is 0.615. The molecule has 1 aromatic rings. The Labute approximate surface area is 106 Å². The number of rotatable bonds is 2. The molecule has 1 saturated carbocycles. The molecule has 1 N–H and O–H groups in total. The summed E-state index contributed by atoms with van der Waals surface area (Å²) in [5.41, 5.74) is 0.809. The molecule has 0 spiro atoms. The number of hydrogen-bond acceptors (Lipinski definition) is 4. The molecule has 1 saturated heterocycles. The molecule has 1 aromatic heterocycles. The van der Waals surface area contributed by atoms with Gasteiger partial charge >= 0.3 is 5.97 Å². The average molecular weight is 247 g/mol. The molecule has 0 amide bonds. The molecule has 5 nitrogen and oxygen atoms in total. The number of hydrogen-bond donors (Lipinski definition) is 1. The van der Waals surface area contributed by atoms with Crippen LogP contribution in [0.5, 0.6) is 0 Å². The Kier molecular flexibility index (Phi) is 2.69. The topological polar surface area (TPSA) is 66.3 Å². The van der Waals surface area contributed by atoms with Gasteiger partial charge in [-0.3, -0.25) is 0 Å². The van der Waals surface area contributed by atoms with Crippen molar-refractivity contribution in [3.8, 4) is 0 Å². The van der Waals surface area contributed by atoms with E-state index in [0.29, 0.717) is 5.95 Å². The molecule has 0 bridgehead atoms. The highest BCUT2D eigenvalue weighted by molar-refractivity contribution is 5.85. The number of carbonyl (C=O) groups is 1. The fourth-order valence-corrected chi connectivity index (χ4v) is 3.20. The van der Waals surface area contributed by atoms with Crippen molar-refractivity contribution in [2.75, 3.05) is 18.0 Å². The normalized spacial score (nSPS) is 26.4. The predicted molar refractivity (Wildman–Crippen MR) is 66.8 cm³/mol. The molecule has 1 aliphatic carbocycles. The van der Waals surface area contributed by atoms with Gasteiger partial charge in [0.05, 0.1) is 0 Å². The first-order chi connectivity index (χ1) is 8.63. The summed E-state index contributed by atoms with van der Waals surface area (Å²) in [4.78, 5) is 21.7. The Hall–Kier alpha value is -1.65. The molecular weight excluding hydrogens is 230 g/mol. The highest BCUT2D eigenvalue weighted by Gasteiger charge is 2.37. The summed E-state index contributed by atoms with van der Waals surface area (Å²) in [6.45, 7) is 3.77. The van der Waals surface area contributed by atoms with Crippen LogP contribution in [0.3, 0.4) is 0 Å². The second-order valence-corrected chi connectivity index (χ2v) is 5.36. The van der Waals surface area contributed by atoms with Gasteiger partial charge in [-0.25, -0.2) is 14.8 Å². The second-order valence-electron chi connectivity index (χ2n) is 5.36. The Morgan fingerprint density at radius 2 is 2.00 bits per heavy atom. The van der Waals surface area contributed by atoms with E-state index < -0.39 is 5.97 Å². The SMILES string of the molecule is Cc1cc(C(=O)O)nc(N2CC3CCCC3C2)n1. The monoisotopic (exact) mass is 247 g/mol. The largest absolute Gasteiger partial charge is 0.477 e. The zero-order valence-corrected chi connectivity index (χ0v) is 10.5. The van der Waals surface area contributed by atoms with Gasteiger partial charge in [0, 0.05) is 18.8 Å². The maximum Gasteiger partial charge on any atom is 0.354 e. The van der Waals surface area contributed by atoms with E-state index in [2.05, 4.69) is 14.9 Å². The van der Waals surface area contributed by atoms with Gasteiger partial charge in [-0.2, -0.15) is 0 Å². The van der Waals surface area contributed by atoms with Gasteiger partial charge in [-0.05, 0) is 37.7 Å². The summed E-state index contributed by atoms with van der Waals surface area (Å²) in [5.74, 6) is 1.10. The molecule has 2 fully saturated rings. The zero-order valence-electron chi connectivity index (χ0n) is 10.5. The molecule has 1 aliphatic heterocycles. The Morgan fingerprint density at radius 1 is 1.33 bits per heavy atom. The number of anilines is 1. The number of carboxylic acid groups (broad SMARTS) is 1. The number of carboxylic acids is 1. The third-order valence-corrected chi connectivity index (χ3v) is 4.07. The summed E-state index contributed by atoms with van der Waals surface area (Å²) < 4.78 is 0. The van der Waals surface area contributed by atoms with Crippen molar-refractivity contribution < 1.29 is 9.90 Å². The first-order valence-electron chi connectivity index (χ1n) is 6.47. The van der Waals surface area contributed by atoms with Crippen molar-refractivity contribution in [1.29, 1.82) is 0 Å². The van der Waals surface area contributed by atoms with E-state index in [0.717, 1.165) is 30.6 Å². The van der Waals surface area contributed by atoms with Gasteiger partial charge < -0.3 is 10.0 Å². The van der Waals surface area contributed by atoms with Gasteiger partial charge in [-0.15, -0.1) is 0 Å². The van der Waals surface area contributed by atoms with Crippen LogP contribution in [-0.4, -0.2) is 34.1 Å². The van der Waals surface area contributed by atoms with E-state index >= 15 is 0 Å². The van der Waals surface area contributed by atoms with E-state index in [4.69, 9.17) is 5.11 Å². The van der Waals surface area contributed by atoms with E-state index in [-0.39, 0.29) is 5.69 Å². The molecule has 2 heterocycles. The quantitative estimate of drug-likeness (QED) is 0.862. The summed E-state index contributed by atoms with van der Waals surface area (Å²) in [7, 11) is 0. The van der Waals surface area contributed by atoms with E-state index in [1.165, 1.54) is 25.3 Å². The van der Waals surface area contributed by atoms with Crippen LogP contribution in [0.4, 0.5) is 5.95 Å². The lowest BCUT2D eigenvalue weighted by Gasteiger charge is -2.17. The first-order valence-corrected chi connectivity index (χ1v) is 6.47. The van der Waals surface area contributed by atoms with Gasteiger partial charge in [-0.1, -0.05) is 6.42 Å². The smallest absolute Gasteiger partial charge is 0.354 e. The molecule has 18 heavy (non-hydrogen) atoms. The third kappa shape index (κ3) is 1.94. The van der Waals surface area contributed by atoms with Crippen molar-refractivity contribution in [1.82, 2.24) is 9.97 Å². The third-order valence-electron chi connectivity index (χ3n) is 4.07. The summed E-state index contributed by atoms with van der Waals surface area (Å²) in [6, 6.07) is 1.52. The molecule has 2 aliphatic rings. The number of nitrogens with zero attached hydrogens (tertiary/aromatic N) is 3. The van der Waals surface area contributed by atoms with Crippen LogP contribution < -0.4 is 4.90 Å². The minimum atomic E-state index is -0.985. The van der Waals surface area contributed by atoms with Gasteiger partial charge in [0.1, 0.15) is 0 Å². The fourth-order valence-electron chi connectivity index (χ4n) is 3.20. The Balaban J connectivity index is 1.86. The van der Waals surface area contributed by atoms with Crippen LogP contribution in [0.25, 0.3) is 0 Å². The standard InChI is InChI=1S/C13H17N3O2/c1-8-5-11(12(17)18)15-13(14-8)16-6-9-3-2-4-10(9)7-16/h5,9-10H,2-4,6-7H2,1H3,(H,17,18). The molecule has 2 unspecified atom stereocenters. The van der Waals surface area contributed by atoms with Crippen molar-refractivity contribution in [2.45, 2.75) is 26.2 Å². The zero-order chi connectivity index (χ0) is 12.7. The maximum absolute atomic E-state index is 11.0. The van der Waals surface area contributed by atoms with E-state index in [1.54, 1.807) is 0 Å². The molecule has 5 heteroatoms. The number of fused-ring (bicyclic) bond motifs is 1. The summed E-state index contributed by atoms with van der Waals surface area (Å²) in [6.07, 6.45) is 3.91. The number of aryl methyl sites for hydroxylation is 1.